The van der Waals surface area contributed by atoms with Gasteiger partial charge in [-0.1, -0.05) is 30.3 Å². The lowest BCUT2D eigenvalue weighted by atomic mass is 9.97. The fourth-order valence-corrected chi connectivity index (χ4v) is 3.13. The van der Waals surface area contributed by atoms with E-state index < -0.39 is 0 Å². The zero-order valence-electron chi connectivity index (χ0n) is 13.8. The van der Waals surface area contributed by atoms with Crippen LogP contribution in [0.4, 0.5) is 0 Å². The number of H-pyrrole nitrogens is 1. The molecule has 0 aliphatic carbocycles. The highest BCUT2D eigenvalue weighted by Crippen LogP contribution is 2.38. The Kier molecular flexibility index (Phi) is 3.72. The zero-order chi connectivity index (χ0) is 17.2. The molecule has 4 rings (SSSR count). The lowest BCUT2D eigenvalue weighted by Crippen LogP contribution is -1.85. The number of rotatable bonds is 3. The van der Waals surface area contributed by atoms with Crippen molar-refractivity contribution in [3.05, 3.63) is 78.4 Å². The van der Waals surface area contributed by atoms with Crippen LogP contribution in [0.15, 0.2) is 72.8 Å². The van der Waals surface area contributed by atoms with E-state index in [4.69, 9.17) is 10.00 Å². The molecule has 1 heterocycles. The van der Waals surface area contributed by atoms with E-state index in [-0.39, 0.29) is 0 Å². The van der Waals surface area contributed by atoms with Crippen LogP contribution in [0.5, 0.6) is 5.75 Å². The summed E-state index contributed by atoms with van der Waals surface area (Å²) < 4.78 is 5.26. The lowest BCUT2D eigenvalue weighted by molar-refractivity contribution is 0.415. The van der Waals surface area contributed by atoms with Crippen LogP contribution >= 0.6 is 0 Å². The van der Waals surface area contributed by atoms with E-state index in [9.17, 15) is 0 Å². The number of fused-ring (bicyclic) bond motifs is 1. The van der Waals surface area contributed by atoms with Crippen LogP contribution in [0.25, 0.3) is 33.3 Å². The molecule has 3 aromatic carbocycles. The molecule has 0 fully saturated rings. The number of benzene rings is 3. The van der Waals surface area contributed by atoms with Crippen LogP contribution in [0.3, 0.4) is 0 Å². The molecule has 4 aromatic rings. The molecule has 0 saturated heterocycles. The average molecular weight is 324 g/mol. The van der Waals surface area contributed by atoms with Gasteiger partial charge in [0.15, 0.2) is 0 Å². The van der Waals surface area contributed by atoms with Crippen molar-refractivity contribution in [2.45, 2.75) is 0 Å². The van der Waals surface area contributed by atoms with Crippen molar-refractivity contribution < 1.29 is 4.74 Å². The molecule has 0 aliphatic heterocycles. The highest BCUT2D eigenvalue weighted by molar-refractivity contribution is 6.03. The Morgan fingerprint density at radius 2 is 1.52 bits per heavy atom. The summed E-state index contributed by atoms with van der Waals surface area (Å²) in [4.78, 5) is 3.54. The molecule has 3 heteroatoms. The Labute approximate surface area is 146 Å². The van der Waals surface area contributed by atoms with Gasteiger partial charge in [-0.3, -0.25) is 0 Å². The average Bonchev–Trinajstić information content (AvgIpc) is 3.07. The quantitative estimate of drug-likeness (QED) is 0.550. The first-order chi connectivity index (χ1) is 12.3. The number of methoxy groups -OCH3 is 1. The summed E-state index contributed by atoms with van der Waals surface area (Å²) >= 11 is 0. The number of ether oxygens (including phenoxy) is 1. The summed E-state index contributed by atoms with van der Waals surface area (Å²) in [5.41, 5.74) is 6.14. The summed E-state index contributed by atoms with van der Waals surface area (Å²) in [6, 6.07) is 26.2. The maximum absolute atomic E-state index is 9.04. The number of hydrogen-bond acceptors (Lipinski definition) is 2. The van der Waals surface area contributed by atoms with Gasteiger partial charge in [0, 0.05) is 16.5 Å². The minimum atomic E-state index is 0.662. The number of nitrogens with zero attached hydrogens (tertiary/aromatic N) is 1. The van der Waals surface area contributed by atoms with Crippen molar-refractivity contribution >= 4 is 10.9 Å². The van der Waals surface area contributed by atoms with E-state index in [0.717, 1.165) is 39.0 Å². The third kappa shape index (κ3) is 2.64. The van der Waals surface area contributed by atoms with Crippen molar-refractivity contribution in [2.24, 2.45) is 0 Å². The van der Waals surface area contributed by atoms with Crippen molar-refractivity contribution in [2.75, 3.05) is 7.11 Å². The van der Waals surface area contributed by atoms with Gasteiger partial charge in [-0.25, -0.2) is 0 Å². The monoisotopic (exact) mass is 324 g/mol. The van der Waals surface area contributed by atoms with Crippen molar-refractivity contribution in [3.8, 4) is 34.2 Å². The molecule has 0 atom stereocenters. The predicted octanol–water partition coefficient (Wildman–Crippen LogP) is 5.38. The highest BCUT2D eigenvalue weighted by atomic mass is 16.5. The molecule has 1 aromatic heterocycles. The Hall–Kier alpha value is -3.51. The van der Waals surface area contributed by atoms with E-state index in [0.29, 0.717) is 5.56 Å². The minimum Gasteiger partial charge on any atom is -0.497 e. The van der Waals surface area contributed by atoms with E-state index in [1.54, 1.807) is 7.11 Å². The van der Waals surface area contributed by atoms with Crippen LogP contribution < -0.4 is 4.74 Å². The van der Waals surface area contributed by atoms with Gasteiger partial charge in [-0.05, 0) is 53.6 Å². The third-order valence-electron chi connectivity index (χ3n) is 4.39. The normalized spacial score (nSPS) is 10.6. The molecule has 3 nitrogen and oxygen atoms in total. The van der Waals surface area contributed by atoms with E-state index in [2.05, 4.69) is 35.3 Å². The zero-order valence-corrected chi connectivity index (χ0v) is 13.8. The molecule has 0 saturated carbocycles. The van der Waals surface area contributed by atoms with Crippen molar-refractivity contribution in [3.63, 3.8) is 0 Å². The molecule has 0 bridgehead atoms. The van der Waals surface area contributed by atoms with Crippen LogP contribution in [-0.2, 0) is 0 Å². The highest BCUT2D eigenvalue weighted by Gasteiger charge is 2.15. The van der Waals surface area contributed by atoms with Crippen molar-refractivity contribution in [1.82, 2.24) is 4.98 Å². The largest absolute Gasteiger partial charge is 0.497 e. The topological polar surface area (TPSA) is 48.8 Å². The number of aromatic amines is 1. The second-order valence-corrected chi connectivity index (χ2v) is 5.84. The summed E-state index contributed by atoms with van der Waals surface area (Å²) in [6.45, 7) is 0. The standard InChI is InChI=1S/C22H16N2O/c1-25-18-12-10-17(11-13-18)22-21(16-8-6-15(14-23)7-9-16)19-4-2-3-5-20(19)24-22/h2-13,24H,1H3. The number of aromatic nitrogens is 1. The molecule has 0 unspecified atom stereocenters. The molecule has 0 radical (unpaired) electrons. The maximum atomic E-state index is 9.04. The van der Waals surface area contributed by atoms with Gasteiger partial charge in [0.2, 0.25) is 0 Å². The Bertz CT molecular complexity index is 1070. The molecule has 120 valence electrons. The van der Waals surface area contributed by atoms with Crippen molar-refractivity contribution in [1.29, 1.82) is 5.26 Å². The van der Waals surface area contributed by atoms with Crippen LogP contribution in [-0.4, -0.2) is 12.1 Å². The SMILES string of the molecule is COc1ccc(-c2[nH]c3ccccc3c2-c2ccc(C#N)cc2)cc1. The maximum Gasteiger partial charge on any atom is 0.118 e. The van der Waals surface area contributed by atoms with Gasteiger partial charge in [0.25, 0.3) is 0 Å². The van der Waals surface area contributed by atoms with Gasteiger partial charge in [0.05, 0.1) is 24.4 Å². The summed E-state index contributed by atoms with van der Waals surface area (Å²) in [5, 5.41) is 10.2. The summed E-state index contributed by atoms with van der Waals surface area (Å²) in [7, 11) is 1.67. The summed E-state index contributed by atoms with van der Waals surface area (Å²) in [6.07, 6.45) is 0. The third-order valence-corrected chi connectivity index (χ3v) is 4.39. The molecule has 1 N–H and O–H groups in total. The molecule has 0 spiro atoms. The van der Waals surface area contributed by atoms with Crippen LogP contribution in [0.2, 0.25) is 0 Å². The predicted molar refractivity (Wildman–Crippen MR) is 100 cm³/mol. The van der Waals surface area contributed by atoms with E-state index in [1.165, 1.54) is 0 Å². The molecular formula is C22H16N2O. The van der Waals surface area contributed by atoms with Gasteiger partial charge in [-0.15, -0.1) is 0 Å². The fraction of sp³-hybridized carbons (Fsp3) is 0.0455. The number of hydrogen-bond donors (Lipinski definition) is 1. The number of nitriles is 1. The lowest BCUT2D eigenvalue weighted by Gasteiger charge is -2.07. The molecule has 0 amide bonds. The molecule has 0 aliphatic rings. The first-order valence-electron chi connectivity index (χ1n) is 8.06. The first-order valence-corrected chi connectivity index (χ1v) is 8.06. The van der Waals surface area contributed by atoms with Gasteiger partial charge >= 0.3 is 0 Å². The van der Waals surface area contributed by atoms with Gasteiger partial charge in [0.1, 0.15) is 5.75 Å². The molecular weight excluding hydrogens is 308 g/mol. The first kappa shape index (κ1) is 15.0. The Morgan fingerprint density at radius 1 is 0.840 bits per heavy atom. The van der Waals surface area contributed by atoms with E-state index in [1.807, 2.05) is 48.5 Å². The van der Waals surface area contributed by atoms with E-state index >= 15 is 0 Å². The second-order valence-electron chi connectivity index (χ2n) is 5.84. The smallest absolute Gasteiger partial charge is 0.118 e. The van der Waals surface area contributed by atoms with Crippen LogP contribution in [0, 0.1) is 11.3 Å². The van der Waals surface area contributed by atoms with Crippen LogP contribution in [0.1, 0.15) is 5.56 Å². The van der Waals surface area contributed by atoms with Gasteiger partial charge < -0.3 is 9.72 Å². The molecule has 25 heavy (non-hydrogen) atoms. The second kappa shape index (κ2) is 6.18. The number of para-hydroxylation sites is 1. The Morgan fingerprint density at radius 3 is 2.20 bits per heavy atom. The summed E-state index contributed by atoms with van der Waals surface area (Å²) in [5.74, 6) is 0.833. The van der Waals surface area contributed by atoms with Gasteiger partial charge in [-0.2, -0.15) is 5.26 Å². The minimum absolute atomic E-state index is 0.662. The number of nitrogens with one attached hydrogen (secondary N) is 1. The fourth-order valence-electron chi connectivity index (χ4n) is 3.13. The Balaban J connectivity index is 1.95.